The second-order valence-electron chi connectivity index (χ2n) is 3.35. The van der Waals surface area contributed by atoms with E-state index in [9.17, 15) is 17.6 Å². The predicted octanol–water partition coefficient (Wildman–Crippen LogP) is 2.28. The van der Waals surface area contributed by atoms with Gasteiger partial charge in [-0.25, -0.2) is 14.4 Å². The lowest BCUT2D eigenvalue weighted by molar-refractivity contribution is -0.144. The molecule has 2 heterocycles. The van der Waals surface area contributed by atoms with Crippen molar-refractivity contribution in [3.63, 3.8) is 0 Å². The normalized spacial score (nSPS) is 11.6. The Kier molecular flexibility index (Phi) is 2.85. The highest BCUT2D eigenvalue weighted by atomic mass is 19.4. The molecule has 8 heteroatoms. The van der Waals surface area contributed by atoms with Crippen molar-refractivity contribution < 1.29 is 17.6 Å². The summed E-state index contributed by atoms with van der Waals surface area (Å²) in [6.45, 7) is 0. The molecule has 2 aromatic rings. The zero-order chi connectivity index (χ0) is 13.3. The first-order valence-electron chi connectivity index (χ1n) is 4.69. The van der Waals surface area contributed by atoms with Gasteiger partial charge in [-0.05, 0) is 6.07 Å². The Hall–Kier alpha value is -2.25. The smallest absolute Gasteiger partial charge is 0.384 e. The van der Waals surface area contributed by atoms with Gasteiger partial charge in [-0.2, -0.15) is 13.2 Å². The molecule has 0 aliphatic heterocycles. The van der Waals surface area contributed by atoms with Crippen LogP contribution in [0.15, 0.2) is 24.5 Å². The Labute approximate surface area is 98.5 Å². The molecule has 0 aliphatic rings. The minimum atomic E-state index is -4.74. The van der Waals surface area contributed by atoms with Crippen LogP contribution in [0.4, 0.5) is 23.4 Å². The lowest BCUT2D eigenvalue weighted by Crippen LogP contribution is -2.13. The molecule has 0 spiro atoms. The fourth-order valence-corrected chi connectivity index (χ4v) is 1.31. The monoisotopic (exact) mass is 258 g/mol. The SMILES string of the molecule is Nc1cc(-c2ccncc2F)nc(C(F)(F)F)n1. The summed E-state index contributed by atoms with van der Waals surface area (Å²) in [6.07, 6.45) is -2.63. The number of rotatable bonds is 1. The Bertz CT molecular complexity index is 582. The highest BCUT2D eigenvalue weighted by molar-refractivity contribution is 5.61. The molecule has 0 saturated heterocycles. The number of nitrogen functional groups attached to an aromatic ring is 1. The minimum absolute atomic E-state index is 0.121. The van der Waals surface area contributed by atoms with Crippen molar-refractivity contribution in [2.24, 2.45) is 0 Å². The summed E-state index contributed by atoms with van der Waals surface area (Å²) >= 11 is 0. The molecule has 0 amide bonds. The molecule has 2 aromatic heterocycles. The third-order valence-corrected chi connectivity index (χ3v) is 2.05. The number of nitrogens with two attached hydrogens (primary N) is 1. The standard InChI is InChI=1S/C10H6F4N4/c11-6-4-16-2-1-5(6)7-3-8(15)18-9(17-7)10(12,13)14/h1-4H,(H2,15,17,18). The van der Waals surface area contributed by atoms with Crippen LogP contribution in [0.5, 0.6) is 0 Å². The molecule has 0 unspecified atom stereocenters. The van der Waals surface area contributed by atoms with Gasteiger partial charge in [-0.1, -0.05) is 0 Å². The van der Waals surface area contributed by atoms with Crippen molar-refractivity contribution >= 4 is 5.82 Å². The first-order valence-corrected chi connectivity index (χ1v) is 4.69. The summed E-state index contributed by atoms with van der Waals surface area (Å²) in [5, 5.41) is 0. The molecule has 0 aliphatic carbocycles. The summed E-state index contributed by atoms with van der Waals surface area (Å²) in [5.74, 6) is -2.58. The topological polar surface area (TPSA) is 64.7 Å². The first-order chi connectivity index (χ1) is 8.38. The van der Waals surface area contributed by atoms with E-state index in [1.807, 2.05) is 0 Å². The second kappa shape index (κ2) is 4.21. The van der Waals surface area contributed by atoms with Gasteiger partial charge in [0.1, 0.15) is 5.82 Å². The summed E-state index contributed by atoms with van der Waals surface area (Å²) < 4.78 is 50.8. The molecule has 0 radical (unpaired) electrons. The van der Waals surface area contributed by atoms with Gasteiger partial charge in [-0.3, -0.25) is 4.98 Å². The average Bonchev–Trinajstić information content (AvgIpc) is 2.27. The number of pyridine rings is 1. The number of hydrogen-bond acceptors (Lipinski definition) is 4. The zero-order valence-electron chi connectivity index (χ0n) is 8.74. The van der Waals surface area contributed by atoms with Crippen LogP contribution in [0.2, 0.25) is 0 Å². The van der Waals surface area contributed by atoms with Gasteiger partial charge >= 0.3 is 6.18 Å². The van der Waals surface area contributed by atoms with Crippen LogP contribution in [0, 0.1) is 5.82 Å². The highest BCUT2D eigenvalue weighted by Crippen LogP contribution is 2.29. The molecule has 2 rings (SSSR count). The number of nitrogens with zero attached hydrogens (tertiary/aromatic N) is 3. The van der Waals surface area contributed by atoms with Gasteiger partial charge in [0, 0.05) is 17.8 Å². The van der Waals surface area contributed by atoms with Gasteiger partial charge in [0.25, 0.3) is 0 Å². The number of aromatic nitrogens is 3. The van der Waals surface area contributed by atoms with Gasteiger partial charge in [-0.15, -0.1) is 0 Å². The van der Waals surface area contributed by atoms with Crippen molar-refractivity contribution in [2.75, 3.05) is 5.73 Å². The molecule has 18 heavy (non-hydrogen) atoms. The average molecular weight is 258 g/mol. The van der Waals surface area contributed by atoms with Gasteiger partial charge < -0.3 is 5.73 Å². The van der Waals surface area contributed by atoms with E-state index in [-0.39, 0.29) is 17.1 Å². The largest absolute Gasteiger partial charge is 0.451 e. The number of hydrogen-bond donors (Lipinski definition) is 1. The van der Waals surface area contributed by atoms with E-state index >= 15 is 0 Å². The second-order valence-corrected chi connectivity index (χ2v) is 3.35. The molecule has 0 atom stereocenters. The number of alkyl halides is 3. The van der Waals surface area contributed by atoms with Crippen LogP contribution in [0.1, 0.15) is 5.82 Å². The van der Waals surface area contributed by atoms with Gasteiger partial charge in [0.05, 0.1) is 11.9 Å². The molecule has 0 fully saturated rings. The molecule has 0 aromatic carbocycles. The third-order valence-electron chi connectivity index (χ3n) is 2.05. The van der Waals surface area contributed by atoms with Crippen molar-refractivity contribution in [1.82, 2.24) is 15.0 Å². The van der Waals surface area contributed by atoms with Crippen LogP contribution < -0.4 is 5.73 Å². The van der Waals surface area contributed by atoms with Crippen LogP contribution in [0.3, 0.4) is 0 Å². The van der Waals surface area contributed by atoms with Crippen molar-refractivity contribution in [1.29, 1.82) is 0 Å². The van der Waals surface area contributed by atoms with E-state index in [1.165, 1.54) is 12.3 Å². The van der Waals surface area contributed by atoms with Crippen molar-refractivity contribution in [3.8, 4) is 11.3 Å². The predicted molar refractivity (Wildman–Crippen MR) is 54.6 cm³/mol. The molecule has 4 nitrogen and oxygen atoms in total. The number of anilines is 1. The molecule has 0 bridgehead atoms. The summed E-state index contributed by atoms with van der Waals surface area (Å²) in [6, 6.07) is 2.27. The van der Waals surface area contributed by atoms with Gasteiger partial charge in [0.2, 0.25) is 5.82 Å². The summed E-state index contributed by atoms with van der Waals surface area (Å²) in [4.78, 5) is 9.81. The zero-order valence-corrected chi connectivity index (χ0v) is 8.74. The van der Waals surface area contributed by atoms with Crippen molar-refractivity contribution in [3.05, 3.63) is 36.2 Å². The maximum Gasteiger partial charge on any atom is 0.451 e. The lowest BCUT2D eigenvalue weighted by atomic mass is 10.2. The summed E-state index contributed by atoms with van der Waals surface area (Å²) in [7, 11) is 0. The quantitative estimate of drug-likeness (QED) is 0.797. The van der Waals surface area contributed by atoms with E-state index < -0.39 is 17.8 Å². The third kappa shape index (κ3) is 2.36. The van der Waals surface area contributed by atoms with Crippen molar-refractivity contribution in [2.45, 2.75) is 6.18 Å². The molecule has 94 valence electrons. The Balaban J connectivity index is 2.60. The minimum Gasteiger partial charge on any atom is -0.384 e. The Morgan fingerprint density at radius 2 is 1.89 bits per heavy atom. The Morgan fingerprint density at radius 1 is 1.17 bits per heavy atom. The fraction of sp³-hybridized carbons (Fsp3) is 0.100. The van der Waals surface area contributed by atoms with Crippen LogP contribution in [-0.2, 0) is 6.18 Å². The van der Waals surface area contributed by atoms with E-state index in [2.05, 4.69) is 15.0 Å². The number of halogens is 4. The van der Waals surface area contributed by atoms with E-state index in [0.717, 1.165) is 12.3 Å². The fourth-order valence-electron chi connectivity index (χ4n) is 1.31. The lowest BCUT2D eigenvalue weighted by Gasteiger charge is -2.08. The van der Waals surface area contributed by atoms with Gasteiger partial charge in [0.15, 0.2) is 5.82 Å². The molecular formula is C10H6F4N4. The first kappa shape index (κ1) is 12.2. The summed E-state index contributed by atoms with van der Waals surface area (Å²) in [5.41, 5.74) is 4.89. The van der Waals surface area contributed by atoms with Crippen LogP contribution >= 0.6 is 0 Å². The molecular weight excluding hydrogens is 252 g/mol. The van der Waals surface area contributed by atoms with E-state index in [1.54, 1.807) is 0 Å². The Morgan fingerprint density at radius 3 is 2.50 bits per heavy atom. The van der Waals surface area contributed by atoms with E-state index in [0.29, 0.717) is 0 Å². The molecule has 2 N–H and O–H groups in total. The molecule has 0 saturated carbocycles. The maximum absolute atomic E-state index is 13.4. The van der Waals surface area contributed by atoms with Crippen LogP contribution in [-0.4, -0.2) is 15.0 Å². The maximum atomic E-state index is 13.4. The van der Waals surface area contributed by atoms with E-state index in [4.69, 9.17) is 5.73 Å². The van der Waals surface area contributed by atoms with Crippen LogP contribution in [0.25, 0.3) is 11.3 Å². The highest BCUT2D eigenvalue weighted by Gasteiger charge is 2.35.